The minimum atomic E-state index is -0.313. The second-order valence-corrected chi connectivity index (χ2v) is 6.99. The molecule has 4 aromatic rings. The first kappa shape index (κ1) is 19.5. The van der Waals surface area contributed by atoms with Gasteiger partial charge >= 0.3 is 0 Å². The van der Waals surface area contributed by atoms with Crippen LogP contribution >= 0.6 is 0 Å². The number of aromatic nitrogens is 3. The molecule has 30 heavy (non-hydrogen) atoms. The Bertz CT molecular complexity index is 1340. The third-order valence-corrected chi connectivity index (χ3v) is 5.15. The lowest BCUT2D eigenvalue weighted by atomic mass is 10.2. The van der Waals surface area contributed by atoms with E-state index in [4.69, 9.17) is 9.47 Å². The Hall–Kier alpha value is -3.81. The SMILES string of the molecule is COc1cc2nc(C)n(CC(=O)Nc3cccc4c3ccn4C)c(=O)c2cc1OC. The van der Waals surface area contributed by atoms with Gasteiger partial charge in [-0.25, -0.2) is 4.98 Å². The van der Waals surface area contributed by atoms with Crippen LogP contribution in [0.2, 0.25) is 0 Å². The summed E-state index contributed by atoms with van der Waals surface area (Å²) >= 11 is 0. The number of nitrogens with one attached hydrogen (secondary N) is 1. The second-order valence-electron chi connectivity index (χ2n) is 6.99. The van der Waals surface area contributed by atoms with Crippen LogP contribution in [0, 0.1) is 6.92 Å². The Morgan fingerprint density at radius 3 is 2.57 bits per heavy atom. The van der Waals surface area contributed by atoms with Gasteiger partial charge in [-0.3, -0.25) is 14.2 Å². The van der Waals surface area contributed by atoms with E-state index in [0.29, 0.717) is 33.9 Å². The highest BCUT2D eigenvalue weighted by Crippen LogP contribution is 2.30. The van der Waals surface area contributed by atoms with Crippen LogP contribution in [0.25, 0.3) is 21.8 Å². The molecule has 4 rings (SSSR count). The largest absolute Gasteiger partial charge is 0.493 e. The van der Waals surface area contributed by atoms with Crippen molar-refractivity contribution >= 4 is 33.4 Å². The third kappa shape index (κ3) is 3.26. The minimum Gasteiger partial charge on any atom is -0.493 e. The maximum absolute atomic E-state index is 13.1. The van der Waals surface area contributed by atoms with Gasteiger partial charge in [0.25, 0.3) is 5.56 Å². The van der Waals surface area contributed by atoms with Crippen molar-refractivity contribution in [3.63, 3.8) is 0 Å². The number of hydrogen-bond donors (Lipinski definition) is 1. The summed E-state index contributed by atoms with van der Waals surface area (Å²) in [7, 11) is 4.97. The number of nitrogens with zero attached hydrogens (tertiary/aromatic N) is 3. The van der Waals surface area contributed by atoms with Gasteiger partial charge in [-0.15, -0.1) is 0 Å². The van der Waals surface area contributed by atoms with Crippen molar-refractivity contribution in [2.75, 3.05) is 19.5 Å². The quantitative estimate of drug-likeness (QED) is 0.551. The van der Waals surface area contributed by atoms with Gasteiger partial charge in [-0.05, 0) is 31.2 Å². The Morgan fingerprint density at radius 2 is 1.83 bits per heavy atom. The zero-order valence-electron chi connectivity index (χ0n) is 17.2. The first-order chi connectivity index (χ1) is 14.4. The number of hydrogen-bond acceptors (Lipinski definition) is 5. The van der Waals surface area contributed by atoms with E-state index in [2.05, 4.69) is 10.3 Å². The average Bonchev–Trinajstić information content (AvgIpc) is 3.12. The molecule has 0 aliphatic rings. The molecule has 0 unspecified atom stereocenters. The summed E-state index contributed by atoms with van der Waals surface area (Å²) in [5.41, 5.74) is 1.88. The molecule has 0 fully saturated rings. The molecule has 2 heterocycles. The number of fused-ring (bicyclic) bond motifs is 2. The highest BCUT2D eigenvalue weighted by Gasteiger charge is 2.16. The molecule has 0 atom stereocenters. The normalized spacial score (nSPS) is 11.1. The van der Waals surface area contributed by atoms with Crippen LogP contribution in [0.1, 0.15) is 5.82 Å². The van der Waals surface area contributed by atoms with Crippen molar-refractivity contribution in [1.29, 1.82) is 0 Å². The van der Waals surface area contributed by atoms with E-state index in [1.807, 2.05) is 42.1 Å². The van der Waals surface area contributed by atoms with Crippen molar-refractivity contribution in [3.8, 4) is 11.5 Å². The molecule has 8 nitrogen and oxygen atoms in total. The fourth-order valence-electron chi connectivity index (χ4n) is 3.59. The van der Waals surface area contributed by atoms with Crippen LogP contribution < -0.4 is 20.3 Å². The smallest absolute Gasteiger partial charge is 0.262 e. The number of amides is 1. The highest BCUT2D eigenvalue weighted by atomic mass is 16.5. The van der Waals surface area contributed by atoms with Crippen LogP contribution in [-0.2, 0) is 18.4 Å². The molecule has 0 radical (unpaired) electrons. The molecule has 8 heteroatoms. The van der Waals surface area contributed by atoms with E-state index in [9.17, 15) is 9.59 Å². The van der Waals surface area contributed by atoms with Gasteiger partial charge in [-0.2, -0.15) is 0 Å². The van der Waals surface area contributed by atoms with Crippen molar-refractivity contribution in [3.05, 3.63) is 58.8 Å². The van der Waals surface area contributed by atoms with Crippen LogP contribution in [0.5, 0.6) is 11.5 Å². The Labute approximate surface area is 172 Å². The monoisotopic (exact) mass is 406 g/mol. The summed E-state index contributed by atoms with van der Waals surface area (Å²) in [5.74, 6) is 1.05. The lowest BCUT2D eigenvalue weighted by Gasteiger charge is -2.13. The van der Waals surface area contributed by atoms with Crippen molar-refractivity contribution in [1.82, 2.24) is 14.1 Å². The zero-order chi connectivity index (χ0) is 21.4. The summed E-state index contributed by atoms with van der Waals surface area (Å²) in [6, 6.07) is 10.9. The molecule has 0 saturated heterocycles. The molecular weight excluding hydrogens is 384 g/mol. The summed E-state index contributed by atoms with van der Waals surface area (Å²) in [5, 5.41) is 4.20. The summed E-state index contributed by atoms with van der Waals surface area (Å²) in [6.07, 6.45) is 1.93. The van der Waals surface area contributed by atoms with Gasteiger partial charge in [0, 0.05) is 30.2 Å². The minimum absolute atomic E-state index is 0.148. The first-order valence-electron chi connectivity index (χ1n) is 9.40. The summed E-state index contributed by atoms with van der Waals surface area (Å²) < 4.78 is 13.9. The number of carbonyl (C=O) groups is 1. The molecule has 2 aromatic carbocycles. The fraction of sp³-hybridized carbons (Fsp3) is 0.227. The second kappa shape index (κ2) is 7.55. The van der Waals surface area contributed by atoms with Gasteiger partial charge < -0.3 is 19.4 Å². The summed E-state index contributed by atoms with van der Waals surface area (Å²) in [6.45, 7) is 1.55. The maximum Gasteiger partial charge on any atom is 0.262 e. The molecule has 1 amide bonds. The van der Waals surface area contributed by atoms with E-state index in [1.54, 1.807) is 19.1 Å². The van der Waals surface area contributed by atoms with Gasteiger partial charge in [0.1, 0.15) is 12.4 Å². The molecule has 0 aliphatic heterocycles. The number of methoxy groups -OCH3 is 2. The lowest BCUT2D eigenvalue weighted by molar-refractivity contribution is -0.116. The number of ether oxygens (including phenoxy) is 2. The third-order valence-electron chi connectivity index (χ3n) is 5.15. The number of rotatable bonds is 5. The molecule has 0 bridgehead atoms. The summed E-state index contributed by atoms with van der Waals surface area (Å²) in [4.78, 5) is 30.3. The van der Waals surface area contributed by atoms with Crippen molar-refractivity contribution < 1.29 is 14.3 Å². The fourth-order valence-corrected chi connectivity index (χ4v) is 3.59. The van der Waals surface area contributed by atoms with Crippen LogP contribution in [0.4, 0.5) is 5.69 Å². The Morgan fingerprint density at radius 1 is 1.10 bits per heavy atom. The zero-order valence-corrected chi connectivity index (χ0v) is 17.2. The molecule has 0 saturated carbocycles. The topological polar surface area (TPSA) is 87.4 Å². The van der Waals surface area contributed by atoms with Crippen molar-refractivity contribution in [2.45, 2.75) is 13.5 Å². The van der Waals surface area contributed by atoms with Crippen molar-refractivity contribution in [2.24, 2.45) is 7.05 Å². The van der Waals surface area contributed by atoms with Gasteiger partial charge in [0.05, 0.1) is 30.8 Å². The molecule has 154 valence electrons. The highest BCUT2D eigenvalue weighted by molar-refractivity contribution is 6.01. The van der Waals surface area contributed by atoms with E-state index in [0.717, 1.165) is 10.9 Å². The standard InChI is InChI=1S/C22H22N4O4/c1-13-23-17-11-20(30-4)19(29-3)10-15(17)22(28)26(13)12-21(27)24-16-6-5-7-18-14(16)8-9-25(18)2/h5-11H,12H2,1-4H3,(H,24,27). The number of carbonyl (C=O) groups excluding carboxylic acids is 1. The van der Waals surface area contributed by atoms with Crippen LogP contribution in [0.15, 0.2) is 47.4 Å². The molecular formula is C22H22N4O4. The van der Waals surface area contributed by atoms with Gasteiger partial charge in [0.15, 0.2) is 11.5 Å². The number of benzene rings is 2. The molecule has 2 aromatic heterocycles. The average molecular weight is 406 g/mol. The lowest BCUT2D eigenvalue weighted by Crippen LogP contribution is -2.30. The maximum atomic E-state index is 13.1. The van der Waals surface area contributed by atoms with Gasteiger partial charge in [0.2, 0.25) is 5.91 Å². The van der Waals surface area contributed by atoms with Gasteiger partial charge in [-0.1, -0.05) is 6.07 Å². The molecule has 0 aliphatic carbocycles. The van der Waals surface area contributed by atoms with E-state index in [1.165, 1.54) is 18.8 Å². The predicted octanol–water partition coefficient (Wildman–Crippen LogP) is 2.85. The van der Waals surface area contributed by atoms with Crippen LogP contribution in [0.3, 0.4) is 0 Å². The van der Waals surface area contributed by atoms with E-state index in [-0.39, 0.29) is 18.0 Å². The number of anilines is 1. The Balaban J connectivity index is 1.69. The molecule has 0 spiro atoms. The first-order valence-corrected chi connectivity index (χ1v) is 9.40. The Kier molecular flexibility index (Phi) is 4.91. The van der Waals surface area contributed by atoms with E-state index >= 15 is 0 Å². The van der Waals surface area contributed by atoms with Crippen LogP contribution in [-0.4, -0.2) is 34.2 Å². The molecule has 1 N–H and O–H groups in total. The van der Waals surface area contributed by atoms with E-state index < -0.39 is 0 Å². The predicted molar refractivity (Wildman–Crippen MR) is 115 cm³/mol. The number of aryl methyl sites for hydroxylation is 2.